The topological polar surface area (TPSA) is 102 Å². The van der Waals surface area contributed by atoms with Crippen molar-refractivity contribution < 1.29 is 19.4 Å². The molecule has 7 heteroatoms. The highest BCUT2D eigenvalue weighted by Crippen LogP contribution is 2.27. The number of nitrogens with one attached hydrogen (secondary N) is 1. The van der Waals surface area contributed by atoms with Crippen LogP contribution < -0.4 is 15.8 Å². The molecule has 1 aromatic carbocycles. The van der Waals surface area contributed by atoms with Crippen molar-refractivity contribution in [1.82, 2.24) is 0 Å². The second-order valence-corrected chi connectivity index (χ2v) is 4.40. The van der Waals surface area contributed by atoms with E-state index < -0.39 is 24.3 Å². The van der Waals surface area contributed by atoms with Gasteiger partial charge in [0.15, 0.2) is 0 Å². The number of halogens is 1. The summed E-state index contributed by atoms with van der Waals surface area (Å²) in [4.78, 5) is 22.0. The van der Waals surface area contributed by atoms with Gasteiger partial charge in [-0.3, -0.25) is 9.59 Å². The van der Waals surface area contributed by atoms with Gasteiger partial charge in [0.1, 0.15) is 5.75 Å². The van der Waals surface area contributed by atoms with Crippen LogP contribution in [0.5, 0.6) is 5.75 Å². The van der Waals surface area contributed by atoms with E-state index in [2.05, 4.69) is 21.2 Å². The van der Waals surface area contributed by atoms with Crippen LogP contribution in [0.25, 0.3) is 0 Å². The van der Waals surface area contributed by atoms with E-state index in [1.165, 1.54) is 7.11 Å². The first-order valence-corrected chi connectivity index (χ1v) is 5.85. The predicted molar refractivity (Wildman–Crippen MR) is 69.6 cm³/mol. The summed E-state index contributed by atoms with van der Waals surface area (Å²) >= 11 is 3.28. The van der Waals surface area contributed by atoms with E-state index in [0.29, 0.717) is 11.4 Å². The van der Waals surface area contributed by atoms with Gasteiger partial charge in [-0.05, 0) is 28.1 Å². The lowest BCUT2D eigenvalue weighted by molar-refractivity contribution is -0.138. The highest BCUT2D eigenvalue weighted by Gasteiger charge is 2.17. The van der Waals surface area contributed by atoms with E-state index in [0.717, 1.165) is 4.47 Å². The van der Waals surface area contributed by atoms with Crippen molar-refractivity contribution in [2.45, 2.75) is 12.5 Å². The molecule has 4 N–H and O–H groups in total. The molecule has 1 unspecified atom stereocenters. The summed E-state index contributed by atoms with van der Waals surface area (Å²) in [5, 5.41) is 11.1. The molecule has 1 rings (SSSR count). The number of carboxylic acid groups (broad SMARTS) is 1. The number of ether oxygens (including phenoxy) is 1. The number of nitrogens with two attached hydrogens (primary N) is 1. The maximum atomic E-state index is 11.6. The Bertz CT molecular complexity index is 464. The molecule has 98 valence electrons. The van der Waals surface area contributed by atoms with E-state index in [4.69, 9.17) is 15.6 Å². The molecule has 18 heavy (non-hydrogen) atoms. The zero-order chi connectivity index (χ0) is 13.7. The number of hydrogen-bond acceptors (Lipinski definition) is 4. The largest absolute Gasteiger partial charge is 0.495 e. The number of amides is 1. The van der Waals surface area contributed by atoms with Gasteiger partial charge >= 0.3 is 5.97 Å². The smallest absolute Gasteiger partial charge is 0.305 e. The van der Waals surface area contributed by atoms with Crippen LogP contribution in [0.4, 0.5) is 5.69 Å². The van der Waals surface area contributed by atoms with Crippen molar-refractivity contribution in [2.24, 2.45) is 5.73 Å². The number of carbonyl (C=O) groups is 2. The summed E-state index contributed by atoms with van der Waals surface area (Å²) in [5.41, 5.74) is 5.92. The highest BCUT2D eigenvalue weighted by molar-refractivity contribution is 9.10. The van der Waals surface area contributed by atoms with Crippen molar-refractivity contribution in [2.75, 3.05) is 12.4 Å². The fourth-order valence-corrected chi connectivity index (χ4v) is 1.66. The van der Waals surface area contributed by atoms with Gasteiger partial charge in [0.05, 0.1) is 24.0 Å². The van der Waals surface area contributed by atoms with Crippen LogP contribution in [0.3, 0.4) is 0 Å². The van der Waals surface area contributed by atoms with E-state index in [1.807, 2.05) is 0 Å². The van der Waals surface area contributed by atoms with Gasteiger partial charge in [-0.25, -0.2) is 0 Å². The van der Waals surface area contributed by atoms with Crippen LogP contribution in [0, 0.1) is 0 Å². The Balaban J connectivity index is 2.72. The Labute approximate surface area is 112 Å². The number of benzene rings is 1. The van der Waals surface area contributed by atoms with E-state index in [-0.39, 0.29) is 0 Å². The first-order chi connectivity index (χ1) is 8.43. The zero-order valence-corrected chi connectivity index (χ0v) is 11.2. The molecule has 6 nitrogen and oxygen atoms in total. The molecule has 1 atom stereocenters. The molecule has 1 amide bonds. The van der Waals surface area contributed by atoms with Gasteiger partial charge in [0, 0.05) is 11.8 Å². The lowest BCUT2D eigenvalue weighted by Gasteiger charge is -2.11. The maximum Gasteiger partial charge on any atom is 0.305 e. The summed E-state index contributed by atoms with van der Waals surface area (Å²) in [6.07, 6.45) is -0.417. The van der Waals surface area contributed by atoms with Gasteiger partial charge in [-0.15, -0.1) is 0 Å². The number of hydrogen-bond donors (Lipinski definition) is 3. The van der Waals surface area contributed by atoms with Crippen molar-refractivity contribution in [3.05, 3.63) is 22.7 Å². The van der Waals surface area contributed by atoms with Gasteiger partial charge in [0.25, 0.3) is 0 Å². The van der Waals surface area contributed by atoms with Crippen LogP contribution >= 0.6 is 15.9 Å². The molecular formula is C11H13BrN2O4. The molecule has 0 fully saturated rings. The standard InChI is InChI=1S/C11H13BrN2O4/c1-18-9-4-6(2-3-7(9)12)14-11(17)8(13)5-10(15)16/h2-4,8H,5,13H2,1H3,(H,14,17)(H,15,16). The molecule has 1 aromatic rings. The number of carbonyl (C=O) groups excluding carboxylic acids is 1. The van der Waals surface area contributed by atoms with Gasteiger partial charge in [-0.1, -0.05) is 0 Å². The van der Waals surface area contributed by atoms with Gasteiger partial charge in [0.2, 0.25) is 5.91 Å². The number of anilines is 1. The molecule has 0 aliphatic heterocycles. The molecule has 0 spiro atoms. The first-order valence-electron chi connectivity index (χ1n) is 5.06. The van der Waals surface area contributed by atoms with Crippen LogP contribution in [0.15, 0.2) is 22.7 Å². The van der Waals surface area contributed by atoms with Crippen molar-refractivity contribution in [3.8, 4) is 5.75 Å². The Morgan fingerprint density at radius 2 is 2.22 bits per heavy atom. The Morgan fingerprint density at radius 1 is 1.56 bits per heavy atom. The van der Waals surface area contributed by atoms with Gasteiger partial charge < -0.3 is 20.9 Å². The number of rotatable bonds is 5. The van der Waals surface area contributed by atoms with Gasteiger partial charge in [-0.2, -0.15) is 0 Å². The molecule has 0 saturated carbocycles. The summed E-state index contributed by atoms with van der Waals surface area (Å²) < 4.78 is 5.82. The average Bonchev–Trinajstić information content (AvgIpc) is 2.30. The Hall–Kier alpha value is -1.60. The van der Waals surface area contributed by atoms with Crippen molar-refractivity contribution >= 4 is 33.5 Å². The zero-order valence-electron chi connectivity index (χ0n) is 9.64. The Morgan fingerprint density at radius 3 is 2.78 bits per heavy atom. The molecule has 0 radical (unpaired) electrons. The molecule has 0 aliphatic carbocycles. The number of aliphatic carboxylic acids is 1. The molecule has 0 bridgehead atoms. The second-order valence-electron chi connectivity index (χ2n) is 3.54. The average molecular weight is 317 g/mol. The fourth-order valence-electron chi connectivity index (χ4n) is 1.25. The number of carboxylic acids is 1. The van der Waals surface area contributed by atoms with Crippen molar-refractivity contribution in [3.63, 3.8) is 0 Å². The third-order valence-electron chi connectivity index (χ3n) is 2.15. The molecule has 0 heterocycles. The SMILES string of the molecule is COc1cc(NC(=O)C(N)CC(=O)O)ccc1Br. The minimum atomic E-state index is -1.12. The quantitative estimate of drug-likeness (QED) is 0.757. The van der Waals surface area contributed by atoms with Crippen molar-refractivity contribution in [1.29, 1.82) is 0 Å². The van der Waals surface area contributed by atoms with Crippen LogP contribution in [0.1, 0.15) is 6.42 Å². The minimum Gasteiger partial charge on any atom is -0.495 e. The lowest BCUT2D eigenvalue weighted by Crippen LogP contribution is -2.37. The third kappa shape index (κ3) is 4.01. The van der Waals surface area contributed by atoms with E-state index in [1.54, 1.807) is 18.2 Å². The molecule has 0 saturated heterocycles. The monoisotopic (exact) mass is 316 g/mol. The first kappa shape index (κ1) is 14.5. The normalized spacial score (nSPS) is 11.7. The van der Waals surface area contributed by atoms with Crippen LogP contribution in [-0.2, 0) is 9.59 Å². The molecular weight excluding hydrogens is 304 g/mol. The maximum absolute atomic E-state index is 11.6. The number of methoxy groups -OCH3 is 1. The highest BCUT2D eigenvalue weighted by atomic mass is 79.9. The second kappa shape index (κ2) is 6.36. The van der Waals surface area contributed by atoms with Crippen LogP contribution in [0.2, 0.25) is 0 Å². The third-order valence-corrected chi connectivity index (χ3v) is 2.81. The fraction of sp³-hybridized carbons (Fsp3) is 0.273. The van der Waals surface area contributed by atoms with E-state index >= 15 is 0 Å². The Kier molecular flexibility index (Phi) is 5.11. The van der Waals surface area contributed by atoms with E-state index in [9.17, 15) is 9.59 Å². The van der Waals surface area contributed by atoms with Crippen LogP contribution in [-0.4, -0.2) is 30.1 Å². The predicted octanol–water partition coefficient (Wildman–Crippen LogP) is 1.20. The summed E-state index contributed by atoms with van der Waals surface area (Å²) in [7, 11) is 1.50. The minimum absolute atomic E-state index is 0.417. The molecule has 0 aromatic heterocycles. The summed E-state index contributed by atoms with van der Waals surface area (Å²) in [6.45, 7) is 0. The summed E-state index contributed by atoms with van der Waals surface area (Å²) in [5.74, 6) is -1.12. The summed E-state index contributed by atoms with van der Waals surface area (Å²) in [6, 6.07) is 3.88. The lowest BCUT2D eigenvalue weighted by atomic mass is 10.2. The molecule has 0 aliphatic rings.